The third-order valence-corrected chi connectivity index (χ3v) is 5.55. The number of aliphatic carboxylic acids is 1. The number of hydrogen-bond acceptors (Lipinski definition) is 3. The molecule has 1 aromatic carbocycles. The number of carbonyl (C=O) groups excluding carboxylic acids is 1. The number of carbonyl (C=O) groups is 2. The molecule has 0 atom stereocenters. The van der Waals surface area contributed by atoms with E-state index in [1.807, 2.05) is 0 Å². The van der Waals surface area contributed by atoms with Crippen LogP contribution in [0.15, 0.2) is 24.3 Å². The van der Waals surface area contributed by atoms with Gasteiger partial charge in [-0.1, -0.05) is 26.0 Å². The second kappa shape index (κ2) is 7.95. The van der Waals surface area contributed by atoms with Crippen LogP contribution in [0.2, 0.25) is 0 Å². The minimum absolute atomic E-state index is 0.0616. The van der Waals surface area contributed by atoms with Crippen LogP contribution in [0.4, 0.5) is 4.39 Å². The second-order valence-corrected chi connectivity index (χ2v) is 6.68. The standard InChI is InChI=1S/C19H26FNO4/c1-3-18(4-2,17(23)24)13-21-16(22)19(8-10-25-11-9-19)14-6-5-7-15(20)12-14/h5-7,12H,3-4,8-11,13H2,1-2H3,(H,21,22)(H,23,24). The molecule has 1 saturated heterocycles. The smallest absolute Gasteiger partial charge is 0.311 e. The first-order valence-corrected chi connectivity index (χ1v) is 8.76. The van der Waals surface area contributed by atoms with E-state index in [1.54, 1.807) is 26.0 Å². The normalized spacial score (nSPS) is 17.1. The summed E-state index contributed by atoms with van der Waals surface area (Å²) in [5.41, 5.74) is -1.25. The molecule has 0 radical (unpaired) electrons. The lowest BCUT2D eigenvalue weighted by Crippen LogP contribution is -2.51. The number of amides is 1. The number of benzene rings is 1. The molecular formula is C19H26FNO4. The van der Waals surface area contributed by atoms with Crippen LogP contribution < -0.4 is 5.32 Å². The molecule has 0 aliphatic carbocycles. The number of rotatable bonds is 7. The van der Waals surface area contributed by atoms with Crippen LogP contribution in [0.5, 0.6) is 0 Å². The van der Waals surface area contributed by atoms with Crippen molar-refractivity contribution in [2.45, 2.75) is 44.9 Å². The Hall–Kier alpha value is -1.95. The Balaban J connectivity index is 2.26. The summed E-state index contributed by atoms with van der Waals surface area (Å²) >= 11 is 0. The molecule has 1 fully saturated rings. The average molecular weight is 351 g/mol. The Morgan fingerprint density at radius 1 is 1.28 bits per heavy atom. The van der Waals surface area contributed by atoms with E-state index in [9.17, 15) is 19.1 Å². The summed E-state index contributed by atoms with van der Waals surface area (Å²) < 4.78 is 19.1. The maximum absolute atomic E-state index is 13.7. The van der Waals surface area contributed by atoms with Gasteiger partial charge in [-0.15, -0.1) is 0 Å². The largest absolute Gasteiger partial charge is 0.481 e. The van der Waals surface area contributed by atoms with Gasteiger partial charge in [0.15, 0.2) is 0 Å². The van der Waals surface area contributed by atoms with Crippen molar-refractivity contribution in [1.29, 1.82) is 0 Å². The molecule has 2 N–H and O–H groups in total. The lowest BCUT2D eigenvalue weighted by molar-refractivity contribution is -0.149. The van der Waals surface area contributed by atoms with Crippen molar-refractivity contribution in [2.24, 2.45) is 5.41 Å². The SMILES string of the molecule is CCC(CC)(CNC(=O)C1(c2cccc(F)c2)CCOCC1)C(=O)O. The number of nitrogens with one attached hydrogen (secondary N) is 1. The lowest BCUT2D eigenvalue weighted by Gasteiger charge is -2.37. The summed E-state index contributed by atoms with van der Waals surface area (Å²) in [6, 6.07) is 6.07. The molecule has 0 aromatic heterocycles. The fourth-order valence-electron chi connectivity index (χ4n) is 3.45. The highest BCUT2D eigenvalue weighted by Crippen LogP contribution is 2.36. The van der Waals surface area contributed by atoms with Crippen molar-refractivity contribution in [1.82, 2.24) is 5.32 Å². The van der Waals surface area contributed by atoms with Crippen molar-refractivity contribution in [2.75, 3.05) is 19.8 Å². The average Bonchev–Trinajstić information content (AvgIpc) is 2.63. The van der Waals surface area contributed by atoms with Gasteiger partial charge < -0.3 is 15.2 Å². The van der Waals surface area contributed by atoms with Crippen molar-refractivity contribution in [3.05, 3.63) is 35.6 Å². The van der Waals surface area contributed by atoms with Gasteiger partial charge >= 0.3 is 5.97 Å². The van der Waals surface area contributed by atoms with Crippen molar-refractivity contribution in [3.63, 3.8) is 0 Å². The molecule has 25 heavy (non-hydrogen) atoms. The van der Waals surface area contributed by atoms with Gasteiger partial charge in [-0.25, -0.2) is 4.39 Å². The van der Waals surface area contributed by atoms with E-state index in [0.29, 0.717) is 44.5 Å². The van der Waals surface area contributed by atoms with Crippen molar-refractivity contribution >= 4 is 11.9 Å². The quantitative estimate of drug-likeness (QED) is 0.792. The number of halogens is 1. The molecule has 0 spiro atoms. The lowest BCUT2D eigenvalue weighted by atomic mass is 9.73. The zero-order chi connectivity index (χ0) is 18.5. The van der Waals surface area contributed by atoms with Crippen LogP contribution in [0.25, 0.3) is 0 Å². The summed E-state index contributed by atoms with van der Waals surface area (Å²) in [7, 11) is 0. The van der Waals surface area contributed by atoms with Crippen molar-refractivity contribution in [3.8, 4) is 0 Å². The predicted molar refractivity (Wildman–Crippen MR) is 91.8 cm³/mol. The first-order chi connectivity index (χ1) is 11.9. The summed E-state index contributed by atoms with van der Waals surface area (Å²) in [4.78, 5) is 24.7. The first-order valence-electron chi connectivity index (χ1n) is 8.76. The van der Waals surface area contributed by atoms with E-state index < -0.39 is 22.6 Å². The molecule has 1 aromatic rings. The van der Waals surface area contributed by atoms with E-state index in [4.69, 9.17) is 4.74 Å². The van der Waals surface area contributed by atoms with Gasteiger partial charge in [-0.05, 0) is 43.4 Å². The molecule has 1 amide bonds. The summed E-state index contributed by atoms with van der Waals surface area (Å²) in [6.45, 7) is 4.50. The van der Waals surface area contributed by atoms with Crippen LogP contribution in [-0.4, -0.2) is 36.7 Å². The van der Waals surface area contributed by atoms with Crippen LogP contribution in [0.3, 0.4) is 0 Å². The molecule has 2 rings (SSSR count). The minimum atomic E-state index is -0.982. The van der Waals surface area contributed by atoms with Gasteiger partial charge in [0.2, 0.25) is 5.91 Å². The molecule has 1 aliphatic heterocycles. The second-order valence-electron chi connectivity index (χ2n) is 6.68. The van der Waals surface area contributed by atoms with Crippen LogP contribution in [-0.2, 0) is 19.7 Å². The Morgan fingerprint density at radius 3 is 2.44 bits per heavy atom. The van der Waals surface area contributed by atoms with Gasteiger partial charge in [0, 0.05) is 19.8 Å². The van der Waals surface area contributed by atoms with E-state index in [0.717, 1.165) is 0 Å². The minimum Gasteiger partial charge on any atom is -0.481 e. The maximum Gasteiger partial charge on any atom is 0.311 e. The first kappa shape index (κ1) is 19.4. The van der Waals surface area contributed by atoms with Gasteiger partial charge in [0.25, 0.3) is 0 Å². The predicted octanol–water partition coefficient (Wildman–Crippen LogP) is 2.88. The third-order valence-electron chi connectivity index (χ3n) is 5.55. The monoisotopic (exact) mass is 351 g/mol. The third kappa shape index (κ3) is 3.84. The van der Waals surface area contributed by atoms with Crippen LogP contribution in [0, 0.1) is 11.2 Å². The molecule has 5 nitrogen and oxygen atoms in total. The van der Waals surface area contributed by atoms with E-state index in [-0.39, 0.29) is 12.5 Å². The molecule has 0 unspecified atom stereocenters. The summed E-state index contributed by atoms with van der Waals surface area (Å²) in [5.74, 6) is -1.56. The number of carboxylic acid groups (broad SMARTS) is 1. The van der Waals surface area contributed by atoms with Crippen molar-refractivity contribution < 1.29 is 23.8 Å². The molecule has 0 bridgehead atoms. The highest BCUT2D eigenvalue weighted by Gasteiger charge is 2.43. The Morgan fingerprint density at radius 2 is 1.92 bits per heavy atom. The number of hydrogen-bond donors (Lipinski definition) is 2. The Bertz CT molecular complexity index is 622. The molecule has 138 valence electrons. The Kier molecular flexibility index (Phi) is 6.16. The van der Waals surface area contributed by atoms with Crippen LogP contribution in [0.1, 0.15) is 45.1 Å². The topological polar surface area (TPSA) is 75.6 Å². The van der Waals surface area contributed by atoms with Gasteiger partial charge in [-0.3, -0.25) is 9.59 Å². The molecular weight excluding hydrogens is 325 g/mol. The number of ether oxygens (including phenoxy) is 1. The van der Waals surface area contributed by atoms with Gasteiger partial charge in [0.05, 0.1) is 10.8 Å². The van der Waals surface area contributed by atoms with Gasteiger partial charge in [-0.2, -0.15) is 0 Å². The number of carboxylic acids is 1. The molecule has 1 heterocycles. The zero-order valence-electron chi connectivity index (χ0n) is 14.8. The molecule has 6 heteroatoms. The fourth-order valence-corrected chi connectivity index (χ4v) is 3.45. The zero-order valence-corrected chi connectivity index (χ0v) is 14.8. The van der Waals surface area contributed by atoms with E-state index in [1.165, 1.54) is 12.1 Å². The highest BCUT2D eigenvalue weighted by atomic mass is 19.1. The maximum atomic E-state index is 13.7. The summed E-state index contributed by atoms with van der Waals surface area (Å²) in [6.07, 6.45) is 1.74. The fraction of sp³-hybridized carbons (Fsp3) is 0.579. The molecule has 1 aliphatic rings. The highest BCUT2D eigenvalue weighted by molar-refractivity contribution is 5.89. The summed E-state index contributed by atoms with van der Waals surface area (Å²) in [5, 5.41) is 12.4. The van der Waals surface area contributed by atoms with Gasteiger partial charge in [0.1, 0.15) is 5.82 Å². The van der Waals surface area contributed by atoms with E-state index >= 15 is 0 Å². The van der Waals surface area contributed by atoms with Crippen LogP contribution >= 0.6 is 0 Å². The Labute approximate surface area is 147 Å². The molecule has 0 saturated carbocycles. The van der Waals surface area contributed by atoms with E-state index in [2.05, 4.69) is 5.32 Å².